The van der Waals surface area contributed by atoms with Gasteiger partial charge in [-0.05, 0) is 31.9 Å². The molecular formula is C14H20ClN3O2. The van der Waals surface area contributed by atoms with Crippen molar-refractivity contribution in [1.29, 1.82) is 0 Å². The molecule has 5 nitrogen and oxygen atoms in total. The van der Waals surface area contributed by atoms with E-state index in [1.165, 1.54) is 6.07 Å². The minimum absolute atomic E-state index is 0.0438. The number of aromatic nitrogens is 1. The van der Waals surface area contributed by atoms with Crippen LogP contribution in [0.15, 0.2) is 12.1 Å². The van der Waals surface area contributed by atoms with Crippen molar-refractivity contribution in [3.63, 3.8) is 0 Å². The smallest absolute Gasteiger partial charge is 0.251 e. The quantitative estimate of drug-likeness (QED) is 0.818. The zero-order valence-electron chi connectivity index (χ0n) is 12.2. The molecule has 0 aliphatic carbocycles. The Bertz CT molecular complexity index is 501. The first-order valence-corrected chi connectivity index (χ1v) is 6.92. The molecule has 1 aromatic heterocycles. The number of carbonyl (C=O) groups excluding carboxylic acids is 2. The van der Waals surface area contributed by atoms with Gasteiger partial charge in [-0.1, -0.05) is 25.4 Å². The van der Waals surface area contributed by atoms with Gasteiger partial charge in [0, 0.05) is 17.3 Å². The monoisotopic (exact) mass is 297 g/mol. The largest absolute Gasteiger partial charge is 0.352 e. The molecular weight excluding hydrogens is 278 g/mol. The van der Waals surface area contributed by atoms with Crippen molar-refractivity contribution in [3.05, 3.63) is 28.5 Å². The third-order valence-corrected chi connectivity index (χ3v) is 2.72. The van der Waals surface area contributed by atoms with E-state index >= 15 is 0 Å². The van der Waals surface area contributed by atoms with Crippen LogP contribution in [0.25, 0.3) is 0 Å². The molecule has 1 rings (SSSR count). The lowest BCUT2D eigenvalue weighted by Gasteiger charge is -2.11. The number of nitrogens with one attached hydrogen (secondary N) is 2. The van der Waals surface area contributed by atoms with E-state index in [-0.39, 0.29) is 35.5 Å². The number of carbonyl (C=O) groups is 2. The van der Waals surface area contributed by atoms with Crippen LogP contribution in [0, 0.1) is 0 Å². The predicted octanol–water partition coefficient (Wildman–Crippen LogP) is 2.11. The van der Waals surface area contributed by atoms with Crippen molar-refractivity contribution in [2.45, 2.75) is 39.7 Å². The Morgan fingerprint density at radius 3 is 2.45 bits per heavy atom. The second-order valence-electron chi connectivity index (χ2n) is 5.16. The molecule has 2 N–H and O–H groups in total. The summed E-state index contributed by atoms with van der Waals surface area (Å²) in [6.45, 7) is 7.59. The molecule has 0 atom stereocenters. The third-order valence-electron chi connectivity index (χ3n) is 2.53. The maximum Gasteiger partial charge on any atom is 0.251 e. The summed E-state index contributed by atoms with van der Waals surface area (Å²) in [6.07, 6.45) is 0. The molecule has 6 heteroatoms. The maximum atomic E-state index is 12.0. The summed E-state index contributed by atoms with van der Waals surface area (Å²) in [5.74, 6) is -0.391. The number of pyridine rings is 1. The van der Waals surface area contributed by atoms with Crippen molar-refractivity contribution < 1.29 is 9.59 Å². The predicted molar refractivity (Wildman–Crippen MR) is 78.9 cm³/mol. The van der Waals surface area contributed by atoms with Crippen molar-refractivity contribution in [2.75, 3.05) is 6.54 Å². The Hall–Kier alpha value is -1.62. The standard InChI is InChI=1S/C14H20ClN3O2/c1-8(2)11-5-10(6-12(15)18-11)14(20)16-7-13(19)17-9(3)4/h5-6,8-9H,7H2,1-4H3,(H,16,20)(H,17,19). The summed E-state index contributed by atoms with van der Waals surface area (Å²) in [7, 11) is 0. The van der Waals surface area contributed by atoms with Crippen LogP contribution < -0.4 is 10.6 Å². The van der Waals surface area contributed by atoms with Gasteiger partial charge in [0.15, 0.2) is 0 Å². The van der Waals surface area contributed by atoms with E-state index in [2.05, 4.69) is 15.6 Å². The van der Waals surface area contributed by atoms with Gasteiger partial charge in [0.05, 0.1) is 6.54 Å². The molecule has 0 aliphatic rings. The Balaban J connectivity index is 2.70. The Kier molecular flexibility index (Phi) is 5.95. The van der Waals surface area contributed by atoms with E-state index in [4.69, 9.17) is 11.6 Å². The van der Waals surface area contributed by atoms with Gasteiger partial charge in [-0.3, -0.25) is 9.59 Å². The first-order valence-electron chi connectivity index (χ1n) is 6.54. The van der Waals surface area contributed by atoms with E-state index in [9.17, 15) is 9.59 Å². The van der Waals surface area contributed by atoms with Gasteiger partial charge in [0.1, 0.15) is 5.15 Å². The Morgan fingerprint density at radius 2 is 1.90 bits per heavy atom. The van der Waals surface area contributed by atoms with Crippen molar-refractivity contribution >= 4 is 23.4 Å². The number of hydrogen-bond donors (Lipinski definition) is 2. The highest BCUT2D eigenvalue weighted by Gasteiger charge is 2.12. The lowest BCUT2D eigenvalue weighted by molar-refractivity contribution is -0.120. The van der Waals surface area contributed by atoms with Crippen molar-refractivity contribution in [1.82, 2.24) is 15.6 Å². The van der Waals surface area contributed by atoms with Gasteiger partial charge in [-0.2, -0.15) is 0 Å². The lowest BCUT2D eigenvalue weighted by atomic mass is 10.1. The highest BCUT2D eigenvalue weighted by molar-refractivity contribution is 6.29. The van der Waals surface area contributed by atoms with Crippen LogP contribution in [0.1, 0.15) is 49.7 Å². The molecule has 0 bridgehead atoms. The van der Waals surface area contributed by atoms with E-state index < -0.39 is 0 Å². The average Bonchev–Trinajstić information content (AvgIpc) is 2.34. The summed E-state index contributed by atoms with van der Waals surface area (Å²) in [4.78, 5) is 27.6. The Morgan fingerprint density at radius 1 is 1.25 bits per heavy atom. The van der Waals surface area contributed by atoms with Gasteiger partial charge >= 0.3 is 0 Å². The second kappa shape index (κ2) is 7.24. The fourth-order valence-electron chi connectivity index (χ4n) is 1.58. The summed E-state index contributed by atoms with van der Waals surface area (Å²) < 4.78 is 0. The molecule has 110 valence electrons. The normalized spacial score (nSPS) is 10.8. The highest BCUT2D eigenvalue weighted by Crippen LogP contribution is 2.17. The van der Waals surface area contributed by atoms with E-state index in [1.54, 1.807) is 6.07 Å². The Labute approximate surface area is 124 Å². The fraction of sp³-hybridized carbons (Fsp3) is 0.500. The topological polar surface area (TPSA) is 71.1 Å². The molecule has 0 aromatic carbocycles. The minimum atomic E-state index is -0.338. The number of hydrogen-bond acceptors (Lipinski definition) is 3. The van der Waals surface area contributed by atoms with Crippen LogP contribution in [0.3, 0.4) is 0 Å². The molecule has 0 fully saturated rings. The summed E-state index contributed by atoms with van der Waals surface area (Å²) in [6, 6.07) is 3.22. The zero-order chi connectivity index (χ0) is 15.3. The van der Waals surface area contributed by atoms with Crippen LogP contribution in [0.5, 0.6) is 0 Å². The first-order chi connectivity index (χ1) is 9.29. The SMILES string of the molecule is CC(C)NC(=O)CNC(=O)c1cc(Cl)nc(C(C)C)c1. The molecule has 0 unspecified atom stereocenters. The van der Waals surface area contributed by atoms with Gasteiger partial charge in [0.25, 0.3) is 5.91 Å². The zero-order valence-corrected chi connectivity index (χ0v) is 12.9. The average molecular weight is 298 g/mol. The van der Waals surface area contributed by atoms with Crippen LogP contribution in [0.4, 0.5) is 0 Å². The van der Waals surface area contributed by atoms with Gasteiger partial charge in [-0.25, -0.2) is 4.98 Å². The minimum Gasteiger partial charge on any atom is -0.352 e. The van der Waals surface area contributed by atoms with Gasteiger partial charge in [0.2, 0.25) is 5.91 Å². The highest BCUT2D eigenvalue weighted by atomic mass is 35.5. The molecule has 2 amide bonds. The van der Waals surface area contributed by atoms with Gasteiger partial charge in [-0.15, -0.1) is 0 Å². The number of halogens is 1. The van der Waals surface area contributed by atoms with E-state index in [1.807, 2.05) is 27.7 Å². The molecule has 1 heterocycles. The molecule has 20 heavy (non-hydrogen) atoms. The van der Waals surface area contributed by atoms with Crippen LogP contribution >= 0.6 is 11.6 Å². The third kappa shape index (κ3) is 5.17. The number of amides is 2. The van der Waals surface area contributed by atoms with Crippen molar-refractivity contribution in [3.8, 4) is 0 Å². The van der Waals surface area contributed by atoms with Crippen LogP contribution in [0.2, 0.25) is 5.15 Å². The van der Waals surface area contributed by atoms with Crippen LogP contribution in [-0.2, 0) is 4.79 Å². The van der Waals surface area contributed by atoms with Crippen molar-refractivity contribution in [2.24, 2.45) is 0 Å². The molecule has 0 spiro atoms. The molecule has 1 aromatic rings. The van der Waals surface area contributed by atoms with E-state index in [0.29, 0.717) is 5.56 Å². The number of rotatable bonds is 5. The second-order valence-corrected chi connectivity index (χ2v) is 5.55. The molecule has 0 saturated carbocycles. The van der Waals surface area contributed by atoms with Crippen LogP contribution in [-0.4, -0.2) is 29.4 Å². The molecule has 0 aliphatic heterocycles. The van der Waals surface area contributed by atoms with Gasteiger partial charge < -0.3 is 10.6 Å². The fourth-order valence-corrected chi connectivity index (χ4v) is 1.79. The lowest BCUT2D eigenvalue weighted by Crippen LogP contribution is -2.39. The molecule has 0 radical (unpaired) electrons. The summed E-state index contributed by atoms with van der Waals surface area (Å²) in [5.41, 5.74) is 1.15. The molecule has 0 saturated heterocycles. The van der Waals surface area contributed by atoms with E-state index in [0.717, 1.165) is 5.69 Å². The maximum absolute atomic E-state index is 12.0. The number of nitrogens with zero attached hydrogens (tertiary/aromatic N) is 1. The first kappa shape index (κ1) is 16.4. The summed E-state index contributed by atoms with van der Waals surface area (Å²) >= 11 is 5.90. The summed E-state index contributed by atoms with van der Waals surface area (Å²) in [5, 5.41) is 5.53.